The summed E-state index contributed by atoms with van der Waals surface area (Å²) in [6.07, 6.45) is 10.2. The Morgan fingerprint density at radius 3 is 2.31 bits per heavy atom. The molecule has 0 fully saturated rings. The number of ketones is 2. The number of allylic oxidation sites excluding steroid dienone is 2. The molecule has 2 aromatic rings. The van der Waals surface area contributed by atoms with Crippen molar-refractivity contribution in [3.63, 3.8) is 0 Å². The van der Waals surface area contributed by atoms with Crippen molar-refractivity contribution in [2.24, 2.45) is 5.92 Å². The number of hydrogen-bond acceptors (Lipinski definition) is 4. The number of carbonyl (C=O) groups excluding carboxylic acids is 3. The van der Waals surface area contributed by atoms with Crippen molar-refractivity contribution in [3.8, 4) is 23.5 Å². The molecular formula is C27H27NO4. The van der Waals surface area contributed by atoms with Gasteiger partial charge in [0.25, 0.3) is 0 Å². The Morgan fingerprint density at radius 1 is 1.03 bits per heavy atom. The molecule has 0 saturated carbocycles. The number of benzene rings is 2. The van der Waals surface area contributed by atoms with Crippen molar-refractivity contribution in [2.45, 2.75) is 38.5 Å². The van der Waals surface area contributed by atoms with Gasteiger partial charge in [0.1, 0.15) is 0 Å². The second kappa shape index (κ2) is 11.1. The van der Waals surface area contributed by atoms with Crippen molar-refractivity contribution >= 4 is 23.2 Å². The molecule has 0 radical (unpaired) electrons. The van der Waals surface area contributed by atoms with Gasteiger partial charge in [-0.05, 0) is 36.1 Å². The summed E-state index contributed by atoms with van der Waals surface area (Å²) in [5.74, 6) is 2.52. The average molecular weight is 430 g/mol. The van der Waals surface area contributed by atoms with Gasteiger partial charge < -0.3 is 10.1 Å². The van der Waals surface area contributed by atoms with Gasteiger partial charge in [-0.25, -0.2) is 0 Å². The molecule has 2 aromatic carbocycles. The van der Waals surface area contributed by atoms with Gasteiger partial charge in [-0.2, -0.15) is 0 Å². The van der Waals surface area contributed by atoms with Crippen LogP contribution in [0.25, 0.3) is 11.1 Å². The first-order valence-electron chi connectivity index (χ1n) is 10.8. The molecule has 1 N–H and O–H groups in total. The van der Waals surface area contributed by atoms with Crippen molar-refractivity contribution in [1.82, 2.24) is 0 Å². The summed E-state index contributed by atoms with van der Waals surface area (Å²) in [6, 6.07) is 15.0. The maximum atomic E-state index is 12.6. The fraction of sp³-hybridized carbons (Fsp3) is 0.296. The predicted molar refractivity (Wildman–Crippen MR) is 125 cm³/mol. The third kappa shape index (κ3) is 6.18. The van der Waals surface area contributed by atoms with E-state index < -0.39 is 5.92 Å². The normalized spacial score (nSPS) is 15.4. The van der Waals surface area contributed by atoms with Crippen molar-refractivity contribution < 1.29 is 19.1 Å². The molecule has 0 aromatic heterocycles. The molecule has 164 valence electrons. The number of carbonyl (C=O) groups is 3. The van der Waals surface area contributed by atoms with Gasteiger partial charge in [0.15, 0.2) is 11.6 Å². The first-order chi connectivity index (χ1) is 15.5. The van der Waals surface area contributed by atoms with E-state index in [-0.39, 0.29) is 23.9 Å². The fourth-order valence-corrected chi connectivity index (χ4v) is 3.68. The van der Waals surface area contributed by atoms with Gasteiger partial charge in [-0.1, -0.05) is 36.4 Å². The highest BCUT2D eigenvalue weighted by Crippen LogP contribution is 2.26. The van der Waals surface area contributed by atoms with Gasteiger partial charge in [-0.15, -0.1) is 12.3 Å². The Kier molecular flexibility index (Phi) is 7.99. The summed E-state index contributed by atoms with van der Waals surface area (Å²) in [4.78, 5) is 36.6. The molecule has 1 amide bonds. The van der Waals surface area contributed by atoms with Crippen LogP contribution in [0.3, 0.4) is 0 Å². The van der Waals surface area contributed by atoms with Crippen LogP contribution in [0, 0.1) is 18.3 Å². The molecule has 5 heteroatoms. The van der Waals surface area contributed by atoms with Crippen LogP contribution in [-0.4, -0.2) is 24.6 Å². The number of ether oxygens (including phenoxy) is 1. The van der Waals surface area contributed by atoms with E-state index in [0.29, 0.717) is 36.3 Å². The van der Waals surface area contributed by atoms with Crippen LogP contribution < -0.4 is 5.32 Å². The lowest BCUT2D eigenvalue weighted by Crippen LogP contribution is -2.28. The molecule has 0 bridgehead atoms. The van der Waals surface area contributed by atoms with E-state index >= 15 is 0 Å². The van der Waals surface area contributed by atoms with Crippen LogP contribution >= 0.6 is 0 Å². The zero-order valence-corrected chi connectivity index (χ0v) is 18.2. The van der Waals surface area contributed by atoms with Crippen LogP contribution in [0.4, 0.5) is 5.69 Å². The minimum Gasteiger partial charge on any atom is -0.501 e. The quantitative estimate of drug-likeness (QED) is 0.339. The Hall–Kier alpha value is -3.65. The van der Waals surface area contributed by atoms with E-state index in [4.69, 9.17) is 11.2 Å². The van der Waals surface area contributed by atoms with E-state index in [9.17, 15) is 14.4 Å². The van der Waals surface area contributed by atoms with Crippen LogP contribution in [0.5, 0.6) is 0 Å². The zero-order chi connectivity index (χ0) is 22.9. The van der Waals surface area contributed by atoms with Crippen molar-refractivity contribution in [1.29, 1.82) is 0 Å². The topological polar surface area (TPSA) is 72.5 Å². The van der Waals surface area contributed by atoms with E-state index in [0.717, 1.165) is 24.0 Å². The minimum atomic E-state index is -0.432. The molecule has 1 unspecified atom stereocenters. The summed E-state index contributed by atoms with van der Waals surface area (Å²) >= 11 is 0. The van der Waals surface area contributed by atoms with Crippen LogP contribution in [0.2, 0.25) is 0 Å². The molecule has 32 heavy (non-hydrogen) atoms. The molecule has 0 spiro atoms. The second-order valence-corrected chi connectivity index (χ2v) is 7.86. The van der Waals surface area contributed by atoms with E-state index in [1.165, 1.54) is 13.2 Å². The number of terminal acetylenes is 1. The van der Waals surface area contributed by atoms with Gasteiger partial charge in [0.2, 0.25) is 5.91 Å². The van der Waals surface area contributed by atoms with Crippen LogP contribution in [0.15, 0.2) is 60.4 Å². The highest BCUT2D eigenvalue weighted by atomic mass is 16.5. The van der Waals surface area contributed by atoms with E-state index in [2.05, 4.69) is 11.2 Å². The van der Waals surface area contributed by atoms with Gasteiger partial charge in [0, 0.05) is 43.0 Å². The number of unbranched alkanes of at least 4 members (excludes halogenated alkanes) is 2. The smallest absolute Gasteiger partial charge is 0.228 e. The zero-order valence-electron chi connectivity index (χ0n) is 18.2. The fourth-order valence-electron chi connectivity index (χ4n) is 3.68. The van der Waals surface area contributed by atoms with E-state index in [1.54, 1.807) is 0 Å². The standard InChI is InChI=1S/C27H27NO4/c1-3-4-5-6-7-26(30)21-10-8-19(9-11-21)20-12-14-23(15-13-20)28-27(31)22-16-24(29)18-25(17-22)32-2/h1,8-15,18,22H,4-7,16-17H2,2H3,(H,28,31). The van der Waals surface area contributed by atoms with Crippen molar-refractivity contribution in [2.75, 3.05) is 12.4 Å². The number of rotatable bonds is 9. The lowest BCUT2D eigenvalue weighted by Gasteiger charge is -2.20. The highest BCUT2D eigenvalue weighted by Gasteiger charge is 2.27. The summed E-state index contributed by atoms with van der Waals surface area (Å²) in [6.45, 7) is 0. The maximum Gasteiger partial charge on any atom is 0.228 e. The SMILES string of the molecule is C#CCCCCC(=O)c1ccc(-c2ccc(NC(=O)C3CC(=O)C=C(OC)C3)cc2)cc1. The Bertz CT molecular complexity index is 1040. The lowest BCUT2D eigenvalue weighted by molar-refractivity contribution is -0.125. The lowest BCUT2D eigenvalue weighted by atomic mass is 9.91. The molecule has 5 nitrogen and oxygen atoms in total. The number of anilines is 1. The monoisotopic (exact) mass is 429 g/mol. The average Bonchev–Trinajstić information content (AvgIpc) is 2.82. The first-order valence-corrected chi connectivity index (χ1v) is 10.8. The first kappa shape index (κ1) is 23.0. The number of amides is 1. The Balaban J connectivity index is 1.58. The second-order valence-electron chi connectivity index (χ2n) is 7.86. The Morgan fingerprint density at radius 2 is 1.69 bits per heavy atom. The molecular weight excluding hydrogens is 402 g/mol. The number of Topliss-reactive ketones (excluding diaryl/α,β-unsaturated/α-hetero) is 1. The van der Waals surface area contributed by atoms with Gasteiger partial charge >= 0.3 is 0 Å². The summed E-state index contributed by atoms with van der Waals surface area (Å²) < 4.78 is 5.14. The third-order valence-corrected chi connectivity index (χ3v) is 5.52. The van der Waals surface area contributed by atoms with Crippen LogP contribution in [0.1, 0.15) is 48.9 Å². The number of nitrogens with one attached hydrogen (secondary N) is 1. The number of hydrogen-bond donors (Lipinski definition) is 1. The number of methoxy groups -OCH3 is 1. The minimum absolute atomic E-state index is 0.0990. The largest absolute Gasteiger partial charge is 0.501 e. The van der Waals surface area contributed by atoms with Crippen molar-refractivity contribution in [3.05, 3.63) is 65.9 Å². The Labute approximate surface area is 188 Å². The molecule has 1 aliphatic carbocycles. The third-order valence-electron chi connectivity index (χ3n) is 5.52. The summed E-state index contributed by atoms with van der Waals surface area (Å²) in [5.41, 5.74) is 3.33. The predicted octanol–water partition coefficient (Wildman–Crippen LogP) is 5.18. The van der Waals surface area contributed by atoms with Crippen LogP contribution in [-0.2, 0) is 14.3 Å². The molecule has 1 atom stereocenters. The highest BCUT2D eigenvalue weighted by molar-refractivity contribution is 6.00. The maximum absolute atomic E-state index is 12.6. The molecule has 3 rings (SSSR count). The molecule has 1 aliphatic rings. The van der Waals surface area contributed by atoms with Gasteiger partial charge in [0.05, 0.1) is 18.8 Å². The molecule has 0 aliphatic heterocycles. The molecule has 0 heterocycles. The van der Waals surface area contributed by atoms with Gasteiger partial charge in [-0.3, -0.25) is 14.4 Å². The summed E-state index contributed by atoms with van der Waals surface area (Å²) in [7, 11) is 1.50. The molecule has 0 saturated heterocycles. The van der Waals surface area contributed by atoms with E-state index in [1.807, 2.05) is 48.5 Å². The summed E-state index contributed by atoms with van der Waals surface area (Å²) in [5, 5.41) is 2.88.